The number of alkyl halides is 6. The van der Waals surface area contributed by atoms with Gasteiger partial charge >= 0.3 is 12.4 Å². The molecule has 1 atom stereocenters. The van der Waals surface area contributed by atoms with Gasteiger partial charge in [-0.25, -0.2) is 0 Å². The van der Waals surface area contributed by atoms with Gasteiger partial charge in [0.1, 0.15) is 0 Å². The molecule has 0 aromatic heterocycles. The zero-order valence-electron chi connectivity index (χ0n) is 8.74. The lowest BCUT2D eigenvalue weighted by molar-refractivity contribution is -0.144. The minimum Gasteiger partial charge on any atom is -0.324 e. The van der Waals surface area contributed by atoms with E-state index < -0.39 is 35.9 Å². The van der Waals surface area contributed by atoms with Gasteiger partial charge in [-0.05, 0) is 17.7 Å². The molecule has 0 bridgehead atoms. The fourth-order valence-corrected chi connectivity index (χ4v) is 1.63. The van der Waals surface area contributed by atoms with Gasteiger partial charge in [0, 0.05) is 11.1 Å². The second-order valence-corrected chi connectivity index (χ2v) is 4.09. The molecule has 0 saturated heterocycles. The predicted octanol–water partition coefficient (Wildman–Crippen LogP) is 4.31. The van der Waals surface area contributed by atoms with Crippen molar-refractivity contribution in [2.75, 3.05) is 0 Å². The molecule has 18 heavy (non-hydrogen) atoms. The summed E-state index contributed by atoms with van der Waals surface area (Å²) in [6, 6.07) is 0.718. The minimum absolute atomic E-state index is 0.217. The maximum Gasteiger partial charge on any atom is 0.416 e. The molecule has 0 amide bonds. The molecule has 1 aromatic rings. The Hall–Kier alpha value is -0.950. The average Bonchev–Trinajstić information content (AvgIpc) is 2.13. The van der Waals surface area contributed by atoms with E-state index in [9.17, 15) is 26.3 Å². The fourth-order valence-electron chi connectivity index (χ4n) is 1.46. The molecule has 0 aliphatic heterocycles. The van der Waals surface area contributed by atoms with Crippen molar-refractivity contribution in [3.05, 3.63) is 34.3 Å². The molecule has 1 rings (SSSR count). The average molecular weight is 292 g/mol. The third kappa shape index (κ3) is 4.06. The summed E-state index contributed by atoms with van der Waals surface area (Å²) in [5.41, 5.74) is 3.30. The Balaban J connectivity index is 3.16. The molecule has 1 nitrogen and oxygen atoms in total. The SMILES string of the molecule is N[C@@H](CC(F)(F)F)c1ccc(Cl)cc1C(F)(F)F. The predicted molar refractivity (Wildman–Crippen MR) is 54.1 cm³/mol. The zero-order chi connectivity index (χ0) is 14.1. The largest absolute Gasteiger partial charge is 0.416 e. The van der Waals surface area contributed by atoms with Gasteiger partial charge in [-0.1, -0.05) is 17.7 Å². The standard InChI is InChI=1S/C10H8ClF6N/c11-5-1-2-6(7(3-5)10(15,16)17)8(18)4-9(12,13)14/h1-3,8H,4,18H2/t8-/m0/s1. The van der Waals surface area contributed by atoms with Gasteiger partial charge in [-0.15, -0.1) is 0 Å². The van der Waals surface area contributed by atoms with Crippen LogP contribution in [0.15, 0.2) is 18.2 Å². The molecule has 0 unspecified atom stereocenters. The van der Waals surface area contributed by atoms with Crippen LogP contribution in [0.4, 0.5) is 26.3 Å². The van der Waals surface area contributed by atoms with Crippen LogP contribution in [0.25, 0.3) is 0 Å². The summed E-state index contributed by atoms with van der Waals surface area (Å²) in [6.07, 6.45) is -11.0. The Labute approximate surface area is 104 Å². The highest BCUT2D eigenvalue weighted by atomic mass is 35.5. The third-order valence-electron chi connectivity index (χ3n) is 2.17. The normalized spacial score (nSPS) is 14.7. The molecule has 1 aromatic carbocycles. The van der Waals surface area contributed by atoms with Crippen molar-refractivity contribution in [1.29, 1.82) is 0 Å². The van der Waals surface area contributed by atoms with Crippen molar-refractivity contribution in [3.8, 4) is 0 Å². The number of hydrogen-bond acceptors (Lipinski definition) is 1. The first kappa shape index (κ1) is 15.1. The maximum absolute atomic E-state index is 12.6. The number of nitrogens with two attached hydrogens (primary N) is 1. The molecule has 0 aliphatic rings. The lowest BCUT2D eigenvalue weighted by Crippen LogP contribution is -2.23. The minimum atomic E-state index is -4.80. The van der Waals surface area contributed by atoms with Crippen molar-refractivity contribution < 1.29 is 26.3 Å². The highest BCUT2D eigenvalue weighted by molar-refractivity contribution is 6.30. The second-order valence-electron chi connectivity index (χ2n) is 3.66. The molecule has 0 heterocycles. The van der Waals surface area contributed by atoms with Crippen molar-refractivity contribution in [1.82, 2.24) is 0 Å². The summed E-state index contributed by atoms with van der Waals surface area (Å²) in [6.45, 7) is 0. The van der Waals surface area contributed by atoms with Crippen LogP contribution in [0.1, 0.15) is 23.6 Å². The van der Waals surface area contributed by atoms with Gasteiger partial charge in [-0.2, -0.15) is 26.3 Å². The maximum atomic E-state index is 12.6. The van der Waals surface area contributed by atoms with Gasteiger partial charge in [0.15, 0.2) is 0 Å². The molecule has 0 aliphatic carbocycles. The summed E-state index contributed by atoms with van der Waals surface area (Å²) in [7, 11) is 0. The van der Waals surface area contributed by atoms with E-state index in [0.717, 1.165) is 12.1 Å². The quantitative estimate of drug-likeness (QED) is 0.807. The molecule has 8 heteroatoms. The molecule has 0 saturated carbocycles. The summed E-state index contributed by atoms with van der Waals surface area (Å²) in [4.78, 5) is 0. The highest BCUT2D eigenvalue weighted by Crippen LogP contribution is 2.38. The lowest BCUT2D eigenvalue weighted by Gasteiger charge is -2.19. The second kappa shape index (κ2) is 4.97. The van der Waals surface area contributed by atoms with Gasteiger partial charge in [0.25, 0.3) is 0 Å². The molecular formula is C10H8ClF6N. The van der Waals surface area contributed by atoms with Crippen molar-refractivity contribution in [3.63, 3.8) is 0 Å². The van der Waals surface area contributed by atoms with E-state index in [1.165, 1.54) is 0 Å². The Morgan fingerprint density at radius 3 is 2.11 bits per heavy atom. The van der Waals surface area contributed by atoms with Crippen molar-refractivity contribution >= 4 is 11.6 Å². The van der Waals surface area contributed by atoms with Crippen LogP contribution >= 0.6 is 11.6 Å². The topological polar surface area (TPSA) is 26.0 Å². The summed E-state index contributed by atoms with van der Waals surface area (Å²) >= 11 is 5.40. The van der Waals surface area contributed by atoms with Crippen molar-refractivity contribution in [2.24, 2.45) is 5.73 Å². The van der Waals surface area contributed by atoms with Gasteiger partial charge < -0.3 is 5.73 Å². The van der Waals surface area contributed by atoms with Gasteiger partial charge in [0.2, 0.25) is 0 Å². The molecule has 0 spiro atoms. The number of halogens is 7. The van der Waals surface area contributed by atoms with E-state index >= 15 is 0 Å². The van der Waals surface area contributed by atoms with Gasteiger partial charge in [0.05, 0.1) is 12.0 Å². The van der Waals surface area contributed by atoms with Crippen molar-refractivity contribution in [2.45, 2.75) is 24.8 Å². The Morgan fingerprint density at radius 2 is 1.67 bits per heavy atom. The number of benzene rings is 1. The molecule has 102 valence electrons. The smallest absolute Gasteiger partial charge is 0.324 e. The number of rotatable bonds is 2. The van der Waals surface area contributed by atoms with Crippen LogP contribution < -0.4 is 5.73 Å². The lowest BCUT2D eigenvalue weighted by atomic mass is 9.98. The molecule has 2 N–H and O–H groups in total. The fraction of sp³-hybridized carbons (Fsp3) is 0.400. The Bertz CT molecular complexity index is 425. The van der Waals surface area contributed by atoms with Crippen LogP contribution in [0, 0.1) is 0 Å². The van der Waals surface area contributed by atoms with E-state index in [-0.39, 0.29) is 5.02 Å². The Kier molecular flexibility index (Phi) is 4.17. The van der Waals surface area contributed by atoms with Crippen LogP contribution in [0.3, 0.4) is 0 Å². The van der Waals surface area contributed by atoms with Crippen LogP contribution in [-0.4, -0.2) is 6.18 Å². The monoisotopic (exact) mass is 291 g/mol. The number of hydrogen-bond donors (Lipinski definition) is 1. The first-order valence-corrected chi connectivity index (χ1v) is 5.07. The van der Waals surface area contributed by atoms with E-state index in [2.05, 4.69) is 0 Å². The molecular weight excluding hydrogens is 284 g/mol. The first-order chi connectivity index (χ1) is 8.00. The van der Waals surface area contributed by atoms with E-state index in [1.54, 1.807) is 0 Å². The molecule has 0 fully saturated rings. The highest BCUT2D eigenvalue weighted by Gasteiger charge is 2.38. The molecule has 0 radical (unpaired) electrons. The van der Waals surface area contributed by atoms with Crippen LogP contribution in [0.2, 0.25) is 5.02 Å². The van der Waals surface area contributed by atoms with E-state index in [4.69, 9.17) is 17.3 Å². The van der Waals surface area contributed by atoms with E-state index in [1.807, 2.05) is 0 Å². The Morgan fingerprint density at radius 1 is 1.11 bits per heavy atom. The summed E-state index contributed by atoms with van der Waals surface area (Å²) < 4.78 is 74.2. The summed E-state index contributed by atoms with van der Waals surface area (Å²) in [5, 5.41) is -0.217. The van der Waals surface area contributed by atoms with Crippen LogP contribution in [-0.2, 0) is 6.18 Å². The zero-order valence-corrected chi connectivity index (χ0v) is 9.50. The van der Waals surface area contributed by atoms with Crippen LogP contribution in [0.5, 0.6) is 0 Å². The van der Waals surface area contributed by atoms with Gasteiger partial charge in [-0.3, -0.25) is 0 Å². The first-order valence-electron chi connectivity index (χ1n) is 4.69. The summed E-state index contributed by atoms with van der Waals surface area (Å²) in [5.74, 6) is 0. The third-order valence-corrected chi connectivity index (χ3v) is 2.41. The van der Waals surface area contributed by atoms with E-state index in [0.29, 0.717) is 6.07 Å².